The van der Waals surface area contributed by atoms with Crippen molar-refractivity contribution >= 4 is 11.9 Å². The highest BCUT2D eigenvalue weighted by atomic mass is 16.4. The number of amides is 1. The van der Waals surface area contributed by atoms with Gasteiger partial charge in [0.25, 0.3) is 0 Å². The quantitative estimate of drug-likeness (QED) is 0.733. The van der Waals surface area contributed by atoms with Crippen LogP contribution < -0.4 is 5.32 Å². The molecule has 0 radical (unpaired) electrons. The molecule has 0 aliphatic rings. The van der Waals surface area contributed by atoms with Crippen LogP contribution in [0.5, 0.6) is 5.75 Å². The second-order valence-electron chi connectivity index (χ2n) is 4.42. The molecule has 0 aromatic heterocycles. The number of rotatable bonds is 5. The van der Waals surface area contributed by atoms with Gasteiger partial charge in [-0.3, -0.25) is 4.79 Å². The molecule has 3 N–H and O–H groups in total. The van der Waals surface area contributed by atoms with Crippen molar-refractivity contribution in [2.45, 2.75) is 26.3 Å². The van der Waals surface area contributed by atoms with Crippen molar-refractivity contribution in [1.82, 2.24) is 5.32 Å². The highest BCUT2D eigenvalue weighted by Gasteiger charge is 2.21. The Labute approximate surface area is 105 Å². The molecule has 0 saturated carbocycles. The minimum Gasteiger partial charge on any atom is -0.508 e. The summed E-state index contributed by atoms with van der Waals surface area (Å²) in [6, 6.07) is 5.28. The van der Waals surface area contributed by atoms with Crippen molar-refractivity contribution in [2.24, 2.45) is 5.92 Å². The SMILES string of the molecule is CC(C)C(=O)N[C@@H](Cc1ccc(O)cc1)C(=O)O. The minimum absolute atomic E-state index is 0.122. The van der Waals surface area contributed by atoms with Crippen LogP contribution in [0.15, 0.2) is 24.3 Å². The molecule has 0 spiro atoms. The van der Waals surface area contributed by atoms with Crippen LogP contribution in [0.2, 0.25) is 0 Å². The van der Waals surface area contributed by atoms with E-state index in [0.717, 1.165) is 5.56 Å². The van der Waals surface area contributed by atoms with E-state index in [4.69, 9.17) is 10.2 Å². The van der Waals surface area contributed by atoms with Crippen LogP contribution in [-0.4, -0.2) is 28.1 Å². The zero-order chi connectivity index (χ0) is 13.7. The fourth-order valence-electron chi connectivity index (χ4n) is 1.41. The van der Waals surface area contributed by atoms with Gasteiger partial charge in [0.05, 0.1) is 0 Å². The van der Waals surface area contributed by atoms with Gasteiger partial charge in [0.1, 0.15) is 11.8 Å². The van der Waals surface area contributed by atoms with E-state index in [-0.39, 0.29) is 24.0 Å². The Balaban J connectivity index is 2.72. The monoisotopic (exact) mass is 251 g/mol. The lowest BCUT2D eigenvalue weighted by atomic mass is 10.0. The van der Waals surface area contributed by atoms with Crippen LogP contribution in [0.25, 0.3) is 0 Å². The summed E-state index contributed by atoms with van der Waals surface area (Å²) in [7, 11) is 0. The Morgan fingerprint density at radius 1 is 1.22 bits per heavy atom. The first-order valence-electron chi connectivity index (χ1n) is 5.71. The minimum atomic E-state index is -1.07. The molecule has 98 valence electrons. The largest absolute Gasteiger partial charge is 0.508 e. The molecule has 1 rings (SSSR count). The molecule has 0 aliphatic carbocycles. The van der Waals surface area contributed by atoms with Crippen molar-refractivity contribution in [2.75, 3.05) is 0 Å². The normalized spacial score (nSPS) is 12.2. The van der Waals surface area contributed by atoms with Gasteiger partial charge < -0.3 is 15.5 Å². The van der Waals surface area contributed by atoms with E-state index in [1.54, 1.807) is 26.0 Å². The number of carbonyl (C=O) groups is 2. The van der Waals surface area contributed by atoms with Crippen LogP contribution in [0.3, 0.4) is 0 Å². The molecule has 5 heteroatoms. The third-order valence-electron chi connectivity index (χ3n) is 2.52. The fourth-order valence-corrected chi connectivity index (χ4v) is 1.41. The van der Waals surface area contributed by atoms with E-state index in [1.165, 1.54) is 12.1 Å². The summed E-state index contributed by atoms with van der Waals surface area (Å²) < 4.78 is 0. The van der Waals surface area contributed by atoms with Crippen molar-refractivity contribution in [3.63, 3.8) is 0 Å². The van der Waals surface area contributed by atoms with E-state index < -0.39 is 12.0 Å². The molecular weight excluding hydrogens is 234 g/mol. The number of carboxylic acids is 1. The smallest absolute Gasteiger partial charge is 0.326 e. The lowest BCUT2D eigenvalue weighted by molar-refractivity contribution is -0.142. The summed E-state index contributed by atoms with van der Waals surface area (Å²) in [5, 5.41) is 20.7. The number of carbonyl (C=O) groups excluding carboxylic acids is 1. The van der Waals surface area contributed by atoms with Gasteiger partial charge in [0.2, 0.25) is 5.91 Å². The van der Waals surface area contributed by atoms with E-state index in [2.05, 4.69) is 5.32 Å². The van der Waals surface area contributed by atoms with Gasteiger partial charge in [-0.05, 0) is 17.7 Å². The van der Waals surface area contributed by atoms with Crippen LogP contribution >= 0.6 is 0 Å². The van der Waals surface area contributed by atoms with Crippen LogP contribution in [0, 0.1) is 5.92 Å². The summed E-state index contributed by atoms with van der Waals surface area (Å²) in [5.41, 5.74) is 0.740. The van der Waals surface area contributed by atoms with Gasteiger partial charge in [-0.25, -0.2) is 4.79 Å². The van der Waals surface area contributed by atoms with Crippen LogP contribution in [0.4, 0.5) is 0 Å². The summed E-state index contributed by atoms with van der Waals surface area (Å²) in [6.07, 6.45) is 0.189. The standard InChI is InChI=1S/C13H17NO4/c1-8(2)12(16)14-11(13(17)18)7-9-3-5-10(15)6-4-9/h3-6,8,11,15H,7H2,1-2H3,(H,14,16)(H,17,18)/t11-/m0/s1. The highest BCUT2D eigenvalue weighted by Crippen LogP contribution is 2.11. The number of aromatic hydroxyl groups is 1. The zero-order valence-electron chi connectivity index (χ0n) is 10.4. The molecule has 0 heterocycles. The molecule has 1 atom stereocenters. The highest BCUT2D eigenvalue weighted by molar-refractivity contribution is 5.84. The van der Waals surface area contributed by atoms with Crippen molar-refractivity contribution in [1.29, 1.82) is 0 Å². The fraction of sp³-hybridized carbons (Fsp3) is 0.385. The van der Waals surface area contributed by atoms with Crippen molar-refractivity contribution < 1.29 is 19.8 Å². The second kappa shape index (κ2) is 6.05. The topological polar surface area (TPSA) is 86.6 Å². The van der Waals surface area contributed by atoms with Crippen LogP contribution in [0.1, 0.15) is 19.4 Å². The first-order chi connectivity index (χ1) is 8.40. The van der Waals surface area contributed by atoms with Gasteiger partial charge in [-0.2, -0.15) is 0 Å². The number of hydrogen-bond donors (Lipinski definition) is 3. The van der Waals surface area contributed by atoms with Gasteiger partial charge in [0, 0.05) is 12.3 Å². The number of benzene rings is 1. The molecule has 0 saturated heterocycles. The van der Waals surface area contributed by atoms with Gasteiger partial charge in [0.15, 0.2) is 0 Å². The maximum Gasteiger partial charge on any atom is 0.326 e. The maximum atomic E-state index is 11.5. The average Bonchev–Trinajstić information content (AvgIpc) is 2.30. The van der Waals surface area contributed by atoms with Gasteiger partial charge in [-0.1, -0.05) is 26.0 Å². The number of phenolic OH excluding ortho intramolecular Hbond substituents is 1. The Hall–Kier alpha value is -2.04. The molecule has 0 fully saturated rings. The summed E-state index contributed by atoms with van der Waals surface area (Å²) in [5.74, 6) is -1.50. The summed E-state index contributed by atoms with van der Waals surface area (Å²) >= 11 is 0. The number of hydrogen-bond acceptors (Lipinski definition) is 3. The van der Waals surface area contributed by atoms with Crippen molar-refractivity contribution in [3.8, 4) is 5.75 Å². The van der Waals surface area contributed by atoms with E-state index in [1.807, 2.05) is 0 Å². The van der Waals surface area contributed by atoms with E-state index in [0.29, 0.717) is 0 Å². The third kappa shape index (κ3) is 4.08. The predicted octanol–water partition coefficient (Wildman–Crippen LogP) is 1.16. The lowest BCUT2D eigenvalue weighted by Crippen LogP contribution is -2.44. The van der Waals surface area contributed by atoms with Gasteiger partial charge in [-0.15, -0.1) is 0 Å². The number of aliphatic carboxylic acids is 1. The van der Waals surface area contributed by atoms with Gasteiger partial charge >= 0.3 is 5.97 Å². The zero-order valence-corrected chi connectivity index (χ0v) is 10.4. The maximum absolute atomic E-state index is 11.5. The first-order valence-corrected chi connectivity index (χ1v) is 5.71. The van der Waals surface area contributed by atoms with E-state index in [9.17, 15) is 9.59 Å². The Kier molecular flexibility index (Phi) is 4.71. The lowest BCUT2D eigenvalue weighted by Gasteiger charge is -2.16. The summed E-state index contributed by atoms with van der Waals surface area (Å²) in [6.45, 7) is 3.41. The third-order valence-corrected chi connectivity index (χ3v) is 2.52. The molecule has 0 unspecified atom stereocenters. The first kappa shape index (κ1) is 14.0. The number of phenols is 1. The molecule has 1 aromatic carbocycles. The Bertz CT molecular complexity index is 425. The summed E-state index contributed by atoms with van der Waals surface area (Å²) in [4.78, 5) is 22.6. The van der Waals surface area contributed by atoms with E-state index >= 15 is 0 Å². The molecular formula is C13H17NO4. The molecule has 0 aliphatic heterocycles. The number of carboxylic acid groups (broad SMARTS) is 1. The second-order valence-corrected chi connectivity index (χ2v) is 4.42. The molecule has 18 heavy (non-hydrogen) atoms. The average molecular weight is 251 g/mol. The van der Waals surface area contributed by atoms with Crippen molar-refractivity contribution in [3.05, 3.63) is 29.8 Å². The molecule has 1 amide bonds. The van der Waals surface area contributed by atoms with Crippen LogP contribution in [-0.2, 0) is 16.0 Å². The molecule has 0 bridgehead atoms. The predicted molar refractivity (Wildman–Crippen MR) is 66.2 cm³/mol. The molecule has 1 aromatic rings. The Morgan fingerprint density at radius 2 is 1.78 bits per heavy atom. The number of nitrogens with one attached hydrogen (secondary N) is 1. The Morgan fingerprint density at radius 3 is 2.22 bits per heavy atom. The molecule has 5 nitrogen and oxygen atoms in total.